The van der Waals surface area contributed by atoms with E-state index in [0.717, 1.165) is 35.1 Å². The van der Waals surface area contributed by atoms with Crippen molar-refractivity contribution in [1.82, 2.24) is 24.7 Å². The Morgan fingerprint density at radius 3 is 3.04 bits per heavy atom. The Hall–Kier alpha value is -2.88. The molecule has 1 aliphatic carbocycles. The minimum Gasteiger partial charge on any atom is -0.382 e. The predicted octanol–water partition coefficient (Wildman–Crippen LogP) is 2.66. The van der Waals surface area contributed by atoms with E-state index in [0.29, 0.717) is 18.2 Å². The molecule has 7 heteroatoms. The Labute approximate surface area is 133 Å². The Morgan fingerprint density at radius 1 is 1.43 bits per heavy atom. The van der Waals surface area contributed by atoms with Gasteiger partial charge in [-0.15, -0.1) is 0 Å². The summed E-state index contributed by atoms with van der Waals surface area (Å²) in [7, 11) is 0. The molecule has 0 aliphatic heterocycles. The monoisotopic (exact) mass is 307 g/mol. The Balaban J connectivity index is 1.77. The summed E-state index contributed by atoms with van der Waals surface area (Å²) in [4.78, 5) is 11.7. The first-order chi connectivity index (χ1) is 11.3. The lowest BCUT2D eigenvalue weighted by Crippen LogP contribution is -2.25. The van der Waals surface area contributed by atoms with E-state index in [2.05, 4.69) is 26.1 Å². The summed E-state index contributed by atoms with van der Waals surface area (Å²) < 4.78 is 1.86. The Morgan fingerprint density at radius 2 is 2.30 bits per heavy atom. The minimum atomic E-state index is 0.0911. The lowest BCUT2D eigenvalue weighted by atomic mass is 9.79. The molecule has 1 fully saturated rings. The van der Waals surface area contributed by atoms with Crippen molar-refractivity contribution in [3.05, 3.63) is 24.8 Å². The van der Waals surface area contributed by atoms with Crippen molar-refractivity contribution >= 4 is 16.9 Å². The van der Waals surface area contributed by atoms with Crippen molar-refractivity contribution in [3.63, 3.8) is 0 Å². The largest absolute Gasteiger partial charge is 0.382 e. The normalized spacial score (nSPS) is 16.1. The van der Waals surface area contributed by atoms with Crippen LogP contribution in [0.2, 0.25) is 0 Å². The lowest BCUT2D eigenvalue weighted by Gasteiger charge is -2.32. The highest BCUT2D eigenvalue weighted by atomic mass is 15.3. The number of anilines is 1. The zero-order valence-electron chi connectivity index (χ0n) is 12.6. The first-order valence-corrected chi connectivity index (χ1v) is 7.78. The van der Waals surface area contributed by atoms with Crippen molar-refractivity contribution in [2.24, 2.45) is 5.92 Å². The molecule has 0 saturated heterocycles. The molecular formula is C16H17N7. The number of nitrogen functional groups attached to an aromatic ring is 1. The SMILES string of the molecule is N#CCC(C1CCC1)n1cc(-c2ncnc3[nH]ccc23)c(N)n1. The molecule has 7 nitrogen and oxygen atoms in total. The molecule has 3 N–H and O–H groups in total. The smallest absolute Gasteiger partial charge is 0.154 e. The summed E-state index contributed by atoms with van der Waals surface area (Å²) in [5.74, 6) is 0.952. The number of hydrogen-bond acceptors (Lipinski definition) is 5. The van der Waals surface area contributed by atoms with Gasteiger partial charge in [0.1, 0.15) is 12.0 Å². The molecule has 0 amide bonds. The van der Waals surface area contributed by atoms with Gasteiger partial charge in [0, 0.05) is 17.8 Å². The molecule has 0 spiro atoms. The maximum absolute atomic E-state index is 9.13. The molecular weight excluding hydrogens is 290 g/mol. The number of nitrogens with zero attached hydrogens (tertiary/aromatic N) is 5. The van der Waals surface area contributed by atoms with Crippen LogP contribution in [0.15, 0.2) is 24.8 Å². The van der Waals surface area contributed by atoms with Gasteiger partial charge in [-0.05, 0) is 24.8 Å². The molecule has 1 unspecified atom stereocenters. The molecule has 0 bridgehead atoms. The van der Waals surface area contributed by atoms with Crippen molar-refractivity contribution in [2.75, 3.05) is 5.73 Å². The van der Waals surface area contributed by atoms with Crippen LogP contribution >= 0.6 is 0 Å². The summed E-state index contributed by atoms with van der Waals surface area (Å²) in [5.41, 5.74) is 8.47. The van der Waals surface area contributed by atoms with E-state index in [-0.39, 0.29) is 6.04 Å². The first kappa shape index (κ1) is 13.8. The number of fused-ring (bicyclic) bond motifs is 1. The molecule has 0 aromatic carbocycles. The second-order valence-corrected chi connectivity index (χ2v) is 5.99. The standard InChI is InChI=1S/C16H17N7/c17-6-4-13(10-2-1-3-10)23-8-12(15(18)22-23)14-11-5-7-19-16(11)21-9-20-14/h5,7-10,13H,1-4H2,(H2,18,22)(H,19,20,21). The molecule has 3 aromatic heterocycles. The molecule has 116 valence electrons. The van der Waals surface area contributed by atoms with E-state index in [4.69, 9.17) is 11.0 Å². The predicted molar refractivity (Wildman–Crippen MR) is 86.1 cm³/mol. The number of rotatable bonds is 4. The Bertz CT molecular complexity index is 881. The van der Waals surface area contributed by atoms with Gasteiger partial charge >= 0.3 is 0 Å². The topological polar surface area (TPSA) is 109 Å². The number of nitrogens with one attached hydrogen (secondary N) is 1. The summed E-state index contributed by atoms with van der Waals surface area (Å²) in [5, 5.41) is 14.5. The fourth-order valence-corrected chi connectivity index (χ4v) is 3.24. The number of nitrogens with two attached hydrogens (primary N) is 1. The molecule has 3 heterocycles. The highest BCUT2D eigenvalue weighted by Gasteiger charge is 2.30. The highest BCUT2D eigenvalue weighted by Crippen LogP contribution is 2.39. The van der Waals surface area contributed by atoms with E-state index in [1.165, 1.54) is 12.7 Å². The van der Waals surface area contributed by atoms with Gasteiger partial charge in [-0.3, -0.25) is 4.68 Å². The molecule has 4 rings (SSSR count). The molecule has 3 aromatic rings. The van der Waals surface area contributed by atoms with Gasteiger partial charge in [-0.2, -0.15) is 10.4 Å². The first-order valence-electron chi connectivity index (χ1n) is 7.78. The quantitative estimate of drug-likeness (QED) is 0.770. The maximum Gasteiger partial charge on any atom is 0.154 e. The molecule has 1 saturated carbocycles. The van der Waals surface area contributed by atoms with E-state index in [1.54, 1.807) is 0 Å². The zero-order chi connectivity index (χ0) is 15.8. The highest BCUT2D eigenvalue weighted by molar-refractivity contribution is 5.92. The van der Waals surface area contributed by atoms with Crippen molar-refractivity contribution in [2.45, 2.75) is 31.7 Å². The van der Waals surface area contributed by atoms with Crippen LogP contribution in [-0.4, -0.2) is 24.7 Å². The van der Waals surface area contributed by atoms with Gasteiger partial charge in [0.15, 0.2) is 5.82 Å². The average Bonchev–Trinajstić information content (AvgIpc) is 3.11. The summed E-state index contributed by atoms with van der Waals surface area (Å²) in [6, 6.07) is 4.30. The molecule has 1 atom stereocenters. The van der Waals surface area contributed by atoms with Crippen LogP contribution in [0.4, 0.5) is 5.82 Å². The van der Waals surface area contributed by atoms with Crippen LogP contribution in [0.3, 0.4) is 0 Å². The summed E-state index contributed by atoms with van der Waals surface area (Å²) in [6.45, 7) is 0. The van der Waals surface area contributed by atoms with E-state index in [1.807, 2.05) is 23.1 Å². The molecule has 0 radical (unpaired) electrons. The van der Waals surface area contributed by atoms with Gasteiger partial charge in [-0.25, -0.2) is 9.97 Å². The fraction of sp³-hybridized carbons (Fsp3) is 0.375. The van der Waals surface area contributed by atoms with Gasteiger partial charge in [0.05, 0.1) is 29.8 Å². The summed E-state index contributed by atoms with van der Waals surface area (Å²) >= 11 is 0. The van der Waals surface area contributed by atoms with E-state index < -0.39 is 0 Å². The Kier molecular flexibility index (Phi) is 3.23. The van der Waals surface area contributed by atoms with E-state index >= 15 is 0 Å². The second kappa shape index (κ2) is 5.39. The third-order valence-corrected chi connectivity index (χ3v) is 4.70. The lowest BCUT2D eigenvalue weighted by molar-refractivity contribution is 0.199. The number of nitriles is 1. The van der Waals surface area contributed by atoms with Crippen molar-refractivity contribution in [3.8, 4) is 17.3 Å². The van der Waals surface area contributed by atoms with Gasteiger partial charge < -0.3 is 10.7 Å². The van der Waals surface area contributed by atoms with Crippen molar-refractivity contribution in [1.29, 1.82) is 5.26 Å². The average molecular weight is 307 g/mol. The third-order valence-electron chi connectivity index (χ3n) is 4.70. The third kappa shape index (κ3) is 2.23. The number of aromatic nitrogens is 5. The van der Waals surface area contributed by atoms with Gasteiger partial charge in [-0.1, -0.05) is 6.42 Å². The van der Waals surface area contributed by atoms with Gasteiger partial charge in [0.25, 0.3) is 0 Å². The molecule has 23 heavy (non-hydrogen) atoms. The fourth-order valence-electron chi connectivity index (χ4n) is 3.24. The zero-order valence-corrected chi connectivity index (χ0v) is 12.6. The van der Waals surface area contributed by atoms with Crippen LogP contribution in [-0.2, 0) is 0 Å². The number of hydrogen-bond donors (Lipinski definition) is 2. The minimum absolute atomic E-state index is 0.0911. The second-order valence-electron chi connectivity index (χ2n) is 5.99. The van der Waals surface area contributed by atoms with Gasteiger partial charge in [0.2, 0.25) is 0 Å². The number of H-pyrrole nitrogens is 1. The van der Waals surface area contributed by atoms with Crippen LogP contribution in [0, 0.1) is 17.2 Å². The van der Waals surface area contributed by atoms with Crippen LogP contribution in [0.1, 0.15) is 31.7 Å². The van der Waals surface area contributed by atoms with Crippen LogP contribution < -0.4 is 5.73 Å². The van der Waals surface area contributed by atoms with Crippen molar-refractivity contribution < 1.29 is 0 Å². The number of aromatic amines is 1. The maximum atomic E-state index is 9.13. The molecule has 1 aliphatic rings. The summed E-state index contributed by atoms with van der Waals surface area (Å²) in [6.07, 6.45) is 9.25. The van der Waals surface area contributed by atoms with Crippen LogP contribution in [0.25, 0.3) is 22.3 Å². The van der Waals surface area contributed by atoms with Crippen LogP contribution in [0.5, 0.6) is 0 Å². The van der Waals surface area contributed by atoms with E-state index in [9.17, 15) is 0 Å².